The topological polar surface area (TPSA) is 29.3 Å². The van der Waals surface area contributed by atoms with E-state index in [1.54, 1.807) is 12.1 Å². The molecule has 0 radical (unpaired) electrons. The van der Waals surface area contributed by atoms with Gasteiger partial charge < -0.3 is 5.73 Å². The van der Waals surface area contributed by atoms with Crippen LogP contribution in [0.5, 0.6) is 0 Å². The molecule has 1 aliphatic rings. The van der Waals surface area contributed by atoms with Crippen molar-refractivity contribution >= 4 is 15.9 Å². The molecule has 0 saturated carbocycles. The summed E-state index contributed by atoms with van der Waals surface area (Å²) < 4.78 is 13.9. The molecule has 1 aromatic carbocycles. The van der Waals surface area contributed by atoms with Crippen LogP contribution in [0.15, 0.2) is 22.7 Å². The minimum absolute atomic E-state index is 0.107. The van der Waals surface area contributed by atoms with Crippen LogP contribution in [0.25, 0.3) is 0 Å². The van der Waals surface area contributed by atoms with E-state index in [1.807, 2.05) is 13.1 Å². The summed E-state index contributed by atoms with van der Waals surface area (Å²) in [5.74, 6) is -0.222. The summed E-state index contributed by atoms with van der Waals surface area (Å²) in [5.41, 5.74) is 6.98. The van der Waals surface area contributed by atoms with Crippen molar-refractivity contribution in [2.45, 2.75) is 18.5 Å². The third-order valence-corrected chi connectivity index (χ3v) is 3.62. The molecule has 2 nitrogen and oxygen atoms in total. The molecule has 1 aliphatic heterocycles. The van der Waals surface area contributed by atoms with Crippen LogP contribution in [0.2, 0.25) is 0 Å². The quantitative estimate of drug-likeness (QED) is 0.850. The molecule has 2 N–H and O–H groups in total. The summed E-state index contributed by atoms with van der Waals surface area (Å²) in [6.07, 6.45) is 0.971. The van der Waals surface area contributed by atoms with Gasteiger partial charge in [0.1, 0.15) is 5.82 Å². The van der Waals surface area contributed by atoms with Gasteiger partial charge >= 0.3 is 0 Å². The molecule has 0 amide bonds. The predicted octanol–water partition coefficient (Wildman–Crippen LogP) is 2.29. The van der Waals surface area contributed by atoms with Crippen LogP contribution in [0.1, 0.15) is 18.0 Å². The van der Waals surface area contributed by atoms with Gasteiger partial charge in [0.2, 0.25) is 0 Å². The molecule has 2 atom stereocenters. The number of nitrogens with zero attached hydrogens (tertiary/aromatic N) is 1. The predicted molar refractivity (Wildman–Crippen MR) is 62.1 cm³/mol. The fraction of sp³-hybridized carbons (Fsp3) is 0.455. The van der Waals surface area contributed by atoms with Crippen LogP contribution in [-0.2, 0) is 0 Å². The van der Waals surface area contributed by atoms with Crippen LogP contribution < -0.4 is 5.73 Å². The van der Waals surface area contributed by atoms with E-state index in [0.717, 1.165) is 18.5 Å². The highest BCUT2D eigenvalue weighted by Gasteiger charge is 2.30. The summed E-state index contributed by atoms with van der Waals surface area (Å²) in [6.45, 7) is 0.976. The fourth-order valence-electron chi connectivity index (χ4n) is 2.17. The Bertz CT molecular complexity index is 360. The first-order valence-corrected chi connectivity index (χ1v) is 5.79. The number of hydrogen-bond acceptors (Lipinski definition) is 2. The second-order valence-corrected chi connectivity index (χ2v) is 4.91. The van der Waals surface area contributed by atoms with Gasteiger partial charge in [-0.3, -0.25) is 4.90 Å². The Morgan fingerprint density at radius 1 is 1.53 bits per heavy atom. The Balaban J connectivity index is 2.32. The zero-order valence-electron chi connectivity index (χ0n) is 8.58. The molecule has 0 bridgehead atoms. The van der Waals surface area contributed by atoms with Gasteiger partial charge in [0, 0.05) is 18.6 Å². The van der Waals surface area contributed by atoms with Crippen molar-refractivity contribution in [3.8, 4) is 0 Å². The maximum atomic E-state index is 13.4. The molecule has 4 heteroatoms. The summed E-state index contributed by atoms with van der Waals surface area (Å²) in [7, 11) is 2.03. The smallest absolute Gasteiger partial charge is 0.137 e. The van der Waals surface area contributed by atoms with Gasteiger partial charge in [-0.05, 0) is 47.1 Å². The third kappa shape index (κ3) is 2.07. The van der Waals surface area contributed by atoms with Gasteiger partial charge in [0.25, 0.3) is 0 Å². The highest BCUT2D eigenvalue weighted by Crippen LogP contribution is 2.31. The average Bonchev–Trinajstić information content (AvgIpc) is 2.52. The molecular weight excluding hydrogens is 259 g/mol. The Kier molecular flexibility index (Phi) is 3.09. The summed E-state index contributed by atoms with van der Waals surface area (Å²) >= 11 is 3.15. The molecule has 0 spiro atoms. The average molecular weight is 273 g/mol. The Morgan fingerprint density at radius 3 is 2.80 bits per heavy atom. The van der Waals surface area contributed by atoms with Gasteiger partial charge in [-0.2, -0.15) is 0 Å². The van der Waals surface area contributed by atoms with Crippen molar-refractivity contribution in [1.29, 1.82) is 0 Å². The van der Waals surface area contributed by atoms with E-state index in [4.69, 9.17) is 5.73 Å². The molecule has 0 aromatic heterocycles. The Labute approximate surface area is 97.4 Å². The Morgan fingerprint density at radius 2 is 2.27 bits per heavy atom. The number of likely N-dealkylation sites (N-methyl/N-ethyl adjacent to an activating group) is 1. The third-order valence-electron chi connectivity index (χ3n) is 2.98. The first-order chi connectivity index (χ1) is 7.09. The van der Waals surface area contributed by atoms with E-state index >= 15 is 0 Å². The van der Waals surface area contributed by atoms with E-state index in [0.29, 0.717) is 4.47 Å². The lowest BCUT2D eigenvalue weighted by Crippen LogP contribution is -2.29. The zero-order chi connectivity index (χ0) is 11.0. The molecule has 1 saturated heterocycles. The molecule has 1 aromatic rings. The van der Waals surface area contributed by atoms with Crippen LogP contribution in [0.4, 0.5) is 4.39 Å². The molecule has 1 heterocycles. The molecule has 2 unspecified atom stereocenters. The minimum atomic E-state index is -0.222. The minimum Gasteiger partial charge on any atom is -0.326 e. The summed E-state index contributed by atoms with van der Waals surface area (Å²) in [4.78, 5) is 2.17. The van der Waals surface area contributed by atoms with Crippen molar-refractivity contribution in [3.63, 3.8) is 0 Å². The van der Waals surface area contributed by atoms with Gasteiger partial charge in [-0.25, -0.2) is 4.39 Å². The van der Waals surface area contributed by atoms with E-state index in [2.05, 4.69) is 20.8 Å². The SMILES string of the molecule is CN1CCC(N)C1c1ccc(Br)c(F)c1. The number of benzene rings is 1. The van der Waals surface area contributed by atoms with E-state index in [-0.39, 0.29) is 17.9 Å². The number of nitrogens with two attached hydrogens (primary N) is 1. The lowest BCUT2D eigenvalue weighted by atomic mass is 10.0. The van der Waals surface area contributed by atoms with Crippen LogP contribution in [0, 0.1) is 5.82 Å². The molecule has 2 rings (SSSR count). The molecular formula is C11H14BrFN2. The monoisotopic (exact) mass is 272 g/mol. The highest BCUT2D eigenvalue weighted by atomic mass is 79.9. The van der Waals surface area contributed by atoms with Gasteiger partial charge in [-0.1, -0.05) is 6.07 Å². The lowest BCUT2D eigenvalue weighted by Gasteiger charge is -2.23. The van der Waals surface area contributed by atoms with E-state index < -0.39 is 0 Å². The van der Waals surface area contributed by atoms with E-state index in [9.17, 15) is 4.39 Å². The zero-order valence-corrected chi connectivity index (χ0v) is 10.2. The normalized spacial score (nSPS) is 27.2. The van der Waals surface area contributed by atoms with Gasteiger partial charge in [0.05, 0.1) is 4.47 Å². The van der Waals surface area contributed by atoms with Gasteiger partial charge in [-0.15, -0.1) is 0 Å². The maximum absolute atomic E-state index is 13.4. The van der Waals surface area contributed by atoms with Crippen molar-refractivity contribution in [2.75, 3.05) is 13.6 Å². The van der Waals surface area contributed by atoms with Crippen molar-refractivity contribution in [3.05, 3.63) is 34.1 Å². The second-order valence-electron chi connectivity index (χ2n) is 4.05. The first-order valence-electron chi connectivity index (χ1n) is 5.00. The second kappa shape index (κ2) is 4.20. The number of likely N-dealkylation sites (tertiary alicyclic amines) is 1. The van der Waals surface area contributed by atoms with E-state index in [1.165, 1.54) is 0 Å². The number of halogens is 2. The van der Waals surface area contributed by atoms with Crippen LogP contribution in [-0.4, -0.2) is 24.5 Å². The van der Waals surface area contributed by atoms with Crippen LogP contribution in [0.3, 0.4) is 0 Å². The van der Waals surface area contributed by atoms with Crippen molar-refractivity contribution < 1.29 is 4.39 Å². The number of hydrogen-bond donors (Lipinski definition) is 1. The first kappa shape index (κ1) is 11.0. The summed E-state index contributed by atoms with van der Waals surface area (Å²) in [6, 6.07) is 5.49. The fourth-order valence-corrected chi connectivity index (χ4v) is 2.42. The standard InChI is InChI=1S/C11H14BrFN2/c1-15-5-4-10(14)11(15)7-2-3-8(12)9(13)6-7/h2-3,6,10-11H,4-5,14H2,1H3. The molecule has 0 aliphatic carbocycles. The number of rotatable bonds is 1. The largest absolute Gasteiger partial charge is 0.326 e. The van der Waals surface area contributed by atoms with Crippen molar-refractivity contribution in [2.24, 2.45) is 5.73 Å². The molecule has 82 valence electrons. The summed E-state index contributed by atoms with van der Waals surface area (Å²) in [5, 5.41) is 0. The molecule has 1 fully saturated rings. The lowest BCUT2D eigenvalue weighted by molar-refractivity contribution is 0.303. The van der Waals surface area contributed by atoms with Crippen molar-refractivity contribution in [1.82, 2.24) is 4.90 Å². The highest BCUT2D eigenvalue weighted by molar-refractivity contribution is 9.10. The Hall–Kier alpha value is -0.450. The molecule has 15 heavy (non-hydrogen) atoms. The maximum Gasteiger partial charge on any atom is 0.137 e. The van der Waals surface area contributed by atoms with Crippen LogP contribution >= 0.6 is 15.9 Å². The van der Waals surface area contributed by atoms with Gasteiger partial charge in [0.15, 0.2) is 0 Å².